The van der Waals surface area contributed by atoms with Gasteiger partial charge in [0.15, 0.2) is 5.82 Å². The number of nitrogens with zero attached hydrogens (tertiary/aromatic N) is 2. The van der Waals surface area contributed by atoms with Crippen molar-refractivity contribution < 1.29 is 8.78 Å². The second kappa shape index (κ2) is 5.77. The first-order valence-electron chi connectivity index (χ1n) is 7.90. The molecular weight excluding hydrogens is 342 g/mol. The quantitative estimate of drug-likeness (QED) is 0.548. The Balaban J connectivity index is 1.77. The summed E-state index contributed by atoms with van der Waals surface area (Å²) in [6.07, 6.45) is 2.94. The number of pyridine rings is 1. The van der Waals surface area contributed by atoms with Crippen molar-refractivity contribution in [1.82, 2.24) is 9.55 Å². The molecule has 2 heterocycles. The number of fused-ring (bicyclic) bond motifs is 1. The molecule has 0 aliphatic heterocycles. The molecule has 0 spiro atoms. The third-order valence-electron chi connectivity index (χ3n) is 4.52. The molecule has 2 aromatic heterocycles. The molecule has 0 amide bonds. The number of hydrogen-bond donors (Lipinski definition) is 2. The van der Waals surface area contributed by atoms with E-state index >= 15 is 0 Å². The summed E-state index contributed by atoms with van der Waals surface area (Å²) in [7, 11) is 1.84. The Kier molecular flexibility index (Phi) is 3.68. The van der Waals surface area contributed by atoms with Crippen LogP contribution < -0.4 is 11.1 Å². The topological polar surface area (TPSA) is 55.9 Å². The molecule has 4 nitrogen and oxygen atoms in total. The van der Waals surface area contributed by atoms with Crippen LogP contribution in [0.2, 0.25) is 0 Å². The van der Waals surface area contributed by atoms with E-state index in [9.17, 15) is 8.78 Å². The van der Waals surface area contributed by atoms with Crippen LogP contribution in [0.15, 0.2) is 36.7 Å². The van der Waals surface area contributed by atoms with E-state index in [-0.39, 0.29) is 11.6 Å². The number of hydrogen-bond acceptors (Lipinski definition) is 3. The maximum absolute atomic E-state index is 14.7. The molecule has 1 aliphatic carbocycles. The number of aromatic nitrogens is 2. The zero-order valence-corrected chi connectivity index (χ0v) is 14.3. The summed E-state index contributed by atoms with van der Waals surface area (Å²) in [5.41, 5.74) is 7.19. The number of benzene rings is 1. The van der Waals surface area contributed by atoms with Crippen molar-refractivity contribution in [3.8, 4) is 11.3 Å². The number of nitrogen functional groups attached to an aromatic ring is 1. The average Bonchev–Trinajstić information content (AvgIpc) is 3.17. The van der Waals surface area contributed by atoms with Crippen molar-refractivity contribution >= 4 is 39.5 Å². The second-order valence-corrected chi connectivity index (χ2v) is 6.73. The minimum absolute atomic E-state index is 0.0568. The zero-order valence-electron chi connectivity index (χ0n) is 13.5. The lowest BCUT2D eigenvalue weighted by atomic mass is 10.0. The van der Waals surface area contributed by atoms with Gasteiger partial charge in [-0.2, -0.15) is 0 Å². The van der Waals surface area contributed by atoms with Crippen molar-refractivity contribution in [2.24, 2.45) is 13.0 Å². The number of halogens is 2. The number of thiocarbonyl (C=S) groups is 1. The third-order valence-corrected chi connectivity index (χ3v) is 4.92. The maximum atomic E-state index is 14.7. The van der Waals surface area contributed by atoms with E-state index in [0.717, 1.165) is 11.1 Å². The normalized spacial score (nSPS) is 19.2. The Bertz CT molecular complexity index is 998. The molecule has 1 aromatic carbocycles. The van der Waals surface area contributed by atoms with Crippen LogP contribution in [0.4, 0.5) is 20.3 Å². The SMILES string of the molecule is Cn1cccc1-c1cc2cc(NC(=S)C3CC3F)ncc2c(N)c1F. The van der Waals surface area contributed by atoms with Crippen molar-refractivity contribution in [2.45, 2.75) is 12.6 Å². The highest BCUT2D eigenvalue weighted by atomic mass is 32.1. The van der Waals surface area contributed by atoms with Crippen molar-refractivity contribution in [3.63, 3.8) is 0 Å². The molecule has 4 rings (SSSR count). The van der Waals surface area contributed by atoms with Gasteiger partial charge in [-0.25, -0.2) is 13.8 Å². The Hall–Kier alpha value is -2.54. The van der Waals surface area contributed by atoms with E-state index in [1.165, 1.54) is 6.20 Å². The number of aryl methyl sites for hydroxylation is 1. The van der Waals surface area contributed by atoms with Crippen LogP contribution in [0.5, 0.6) is 0 Å². The summed E-state index contributed by atoms with van der Waals surface area (Å²) in [6.45, 7) is 0. The number of anilines is 2. The highest BCUT2D eigenvalue weighted by Crippen LogP contribution is 2.36. The largest absolute Gasteiger partial charge is 0.396 e. The Labute approximate surface area is 148 Å². The first-order chi connectivity index (χ1) is 12.0. The molecule has 1 aliphatic rings. The van der Waals surface area contributed by atoms with E-state index < -0.39 is 12.0 Å². The molecule has 0 bridgehead atoms. The lowest BCUT2D eigenvalue weighted by Crippen LogP contribution is -2.13. The Morgan fingerprint density at radius 1 is 1.44 bits per heavy atom. The molecule has 3 aromatic rings. The molecule has 25 heavy (non-hydrogen) atoms. The van der Waals surface area contributed by atoms with Crippen LogP contribution in [0.3, 0.4) is 0 Å². The van der Waals surface area contributed by atoms with Gasteiger partial charge >= 0.3 is 0 Å². The fourth-order valence-electron chi connectivity index (χ4n) is 2.95. The summed E-state index contributed by atoms with van der Waals surface area (Å²) in [5, 5.41) is 4.23. The van der Waals surface area contributed by atoms with Gasteiger partial charge in [-0.1, -0.05) is 12.2 Å². The predicted molar refractivity (Wildman–Crippen MR) is 99.7 cm³/mol. The van der Waals surface area contributed by atoms with Crippen LogP contribution in [-0.4, -0.2) is 20.7 Å². The van der Waals surface area contributed by atoms with Crippen LogP contribution in [0.1, 0.15) is 6.42 Å². The van der Waals surface area contributed by atoms with Crippen molar-refractivity contribution in [3.05, 3.63) is 42.5 Å². The first-order valence-corrected chi connectivity index (χ1v) is 8.31. The van der Waals surface area contributed by atoms with Crippen LogP contribution in [-0.2, 0) is 7.05 Å². The van der Waals surface area contributed by atoms with Gasteiger partial charge in [-0.3, -0.25) is 0 Å². The fourth-order valence-corrected chi connectivity index (χ4v) is 3.30. The van der Waals surface area contributed by atoms with Crippen LogP contribution >= 0.6 is 12.2 Å². The van der Waals surface area contributed by atoms with Gasteiger partial charge in [0, 0.05) is 36.3 Å². The molecule has 0 radical (unpaired) electrons. The number of rotatable bonds is 3. The van der Waals surface area contributed by atoms with Crippen molar-refractivity contribution in [1.29, 1.82) is 0 Å². The van der Waals surface area contributed by atoms with Gasteiger partial charge in [-0.15, -0.1) is 0 Å². The average molecular weight is 358 g/mol. The second-order valence-electron chi connectivity index (χ2n) is 6.29. The number of nitrogens with two attached hydrogens (primary N) is 1. The smallest absolute Gasteiger partial charge is 0.156 e. The minimum Gasteiger partial charge on any atom is -0.396 e. The number of alkyl halides is 1. The molecule has 7 heteroatoms. The summed E-state index contributed by atoms with van der Waals surface area (Å²) in [4.78, 5) is 4.66. The van der Waals surface area contributed by atoms with E-state index in [2.05, 4.69) is 10.3 Å². The fraction of sp³-hybridized carbons (Fsp3) is 0.222. The highest BCUT2D eigenvalue weighted by Gasteiger charge is 2.41. The van der Waals surface area contributed by atoms with Gasteiger partial charge in [0.05, 0.1) is 16.4 Å². The zero-order chi connectivity index (χ0) is 17.7. The molecule has 3 N–H and O–H groups in total. The van der Waals surface area contributed by atoms with Crippen LogP contribution in [0.25, 0.3) is 22.0 Å². The standard InChI is InChI=1S/C18H16F2N4S/c1-24-4-2-3-14(24)11-5-9-6-15(23-18(25)10-7-13(10)19)22-8-12(9)17(21)16(11)20/h2-6,8,10,13H,7,21H2,1H3,(H,22,23,25). The van der Waals surface area contributed by atoms with Crippen molar-refractivity contribution in [2.75, 3.05) is 11.1 Å². The molecule has 0 saturated heterocycles. The minimum atomic E-state index is -0.867. The van der Waals surface area contributed by atoms with Gasteiger partial charge in [0.1, 0.15) is 12.0 Å². The highest BCUT2D eigenvalue weighted by molar-refractivity contribution is 7.80. The summed E-state index contributed by atoms with van der Waals surface area (Å²) in [6, 6.07) is 7.16. The monoisotopic (exact) mass is 358 g/mol. The van der Waals surface area contributed by atoms with E-state index in [4.69, 9.17) is 18.0 Å². The summed E-state index contributed by atoms with van der Waals surface area (Å²) >= 11 is 5.20. The maximum Gasteiger partial charge on any atom is 0.156 e. The lowest BCUT2D eigenvalue weighted by molar-refractivity contribution is 0.468. The molecule has 2 atom stereocenters. The molecule has 128 valence electrons. The van der Waals surface area contributed by atoms with E-state index in [0.29, 0.717) is 28.2 Å². The molecular formula is C18H16F2N4S. The third kappa shape index (κ3) is 2.74. The predicted octanol–water partition coefficient (Wildman–Crippen LogP) is 4.06. The number of nitrogens with one attached hydrogen (secondary N) is 1. The Morgan fingerprint density at radius 2 is 2.20 bits per heavy atom. The summed E-state index contributed by atoms with van der Waals surface area (Å²) in [5.74, 6) is -0.198. The first kappa shape index (κ1) is 16.0. The molecule has 1 fully saturated rings. The van der Waals surface area contributed by atoms with Gasteiger partial charge < -0.3 is 15.6 Å². The molecule has 2 unspecified atom stereocenters. The molecule has 1 saturated carbocycles. The van der Waals surface area contributed by atoms with Gasteiger partial charge in [0.2, 0.25) is 0 Å². The lowest BCUT2D eigenvalue weighted by Gasteiger charge is -2.12. The van der Waals surface area contributed by atoms with Gasteiger partial charge in [-0.05, 0) is 36.1 Å². The van der Waals surface area contributed by atoms with Gasteiger partial charge in [0.25, 0.3) is 0 Å². The summed E-state index contributed by atoms with van der Waals surface area (Å²) < 4.78 is 29.6. The van der Waals surface area contributed by atoms with E-state index in [1.807, 2.05) is 29.9 Å². The van der Waals surface area contributed by atoms with Crippen LogP contribution in [0, 0.1) is 11.7 Å². The Morgan fingerprint density at radius 3 is 2.84 bits per heavy atom. The van der Waals surface area contributed by atoms with E-state index in [1.54, 1.807) is 12.1 Å².